The molecule has 0 unspecified atom stereocenters. The predicted molar refractivity (Wildman–Crippen MR) is 75.1 cm³/mol. The van der Waals surface area contributed by atoms with E-state index in [0.29, 0.717) is 11.3 Å². The van der Waals surface area contributed by atoms with Gasteiger partial charge in [-0.05, 0) is 35.2 Å². The highest BCUT2D eigenvalue weighted by Gasteiger charge is 2.30. The Hall–Kier alpha value is -1.73. The SMILES string of the molecule is O=C(O)c1sccc1CNc1ccc(C(F)(F)F)cc1Cl. The topological polar surface area (TPSA) is 49.3 Å². The van der Waals surface area contributed by atoms with Crippen molar-refractivity contribution < 1.29 is 23.1 Å². The monoisotopic (exact) mass is 335 g/mol. The van der Waals surface area contributed by atoms with Crippen molar-refractivity contribution in [2.75, 3.05) is 5.32 Å². The standard InChI is InChI=1S/C13H9ClF3NO2S/c14-9-5-8(13(15,16)17)1-2-10(9)18-6-7-3-4-21-11(7)12(19)20/h1-5,18H,6H2,(H,19,20). The molecule has 0 atom stereocenters. The Morgan fingerprint density at radius 2 is 2.05 bits per heavy atom. The number of hydrogen-bond donors (Lipinski definition) is 2. The average Bonchev–Trinajstić information content (AvgIpc) is 2.84. The van der Waals surface area contributed by atoms with Crippen LogP contribution in [0.2, 0.25) is 5.02 Å². The summed E-state index contributed by atoms with van der Waals surface area (Å²) >= 11 is 6.88. The summed E-state index contributed by atoms with van der Waals surface area (Å²) in [4.78, 5) is 11.1. The highest BCUT2D eigenvalue weighted by molar-refractivity contribution is 7.12. The third-order valence-electron chi connectivity index (χ3n) is 2.71. The highest BCUT2D eigenvalue weighted by atomic mass is 35.5. The smallest absolute Gasteiger partial charge is 0.416 e. The molecule has 112 valence electrons. The van der Waals surface area contributed by atoms with Crippen molar-refractivity contribution in [3.63, 3.8) is 0 Å². The van der Waals surface area contributed by atoms with E-state index in [1.807, 2.05) is 0 Å². The minimum absolute atomic E-state index is 0.0723. The second-order valence-electron chi connectivity index (χ2n) is 4.13. The van der Waals surface area contributed by atoms with Crippen LogP contribution in [-0.4, -0.2) is 11.1 Å². The molecule has 2 rings (SSSR count). The van der Waals surface area contributed by atoms with E-state index in [-0.39, 0.29) is 16.4 Å². The maximum atomic E-state index is 12.5. The molecular formula is C13H9ClF3NO2S. The maximum absolute atomic E-state index is 12.5. The molecule has 0 aliphatic carbocycles. The van der Waals surface area contributed by atoms with Crippen LogP contribution < -0.4 is 5.32 Å². The second-order valence-corrected chi connectivity index (χ2v) is 5.45. The first kappa shape index (κ1) is 15.7. The molecule has 3 nitrogen and oxygen atoms in total. The van der Waals surface area contributed by atoms with Gasteiger partial charge in [0, 0.05) is 6.54 Å². The van der Waals surface area contributed by atoms with Gasteiger partial charge < -0.3 is 10.4 Å². The van der Waals surface area contributed by atoms with Gasteiger partial charge in [-0.2, -0.15) is 13.2 Å². The number of anilines is 1. The molecular weight excluding hydrogens is 327 g/mol. The molecule has 0 radical (unpaired) electrons. The normalized spacial score (nSPS) is 11.4. The van der Waals surface area contributed by atoms with Gasteiger partial charge in [-0.3, -0.25) is 0 Å². The Kier molecular flexibility index (Phi) is 4.43. The Morgan fingerprint density at radius 3 is 2.62 bits per heavy atom. The molecule has 0 bridgehead atoms. The molecule has 1 aromatic heterocycles. The van der Waals surface area contributed by atoms with Gasteiger partial charge in [-0.1, -0.05) is 11.6 Å². The number of hydrogen-bond acceptors (Lipinski definition) is 3. The zero-order valence-electron chi connectivity index (χ0n) is 10.4. The first-order valence-corrected chi connectivity index (χ1v) is 6.95. The lowest BCUT2D eigenvalue weighted by atomic mass is 10.2. The number of thiophene rings is 1. The summed E-state index contributed by atoms with van der Waals surface area (Å²) in [6, 6.07) is 4.60. The lowest BCUT2D eigenvalue weighted by Gasteiger charge is -2.11. The summed E-state index contributed by atoms with van der Waals surface area (Å²) < 4.78 is 37.5. The van der Waals surface area contributed by atoms with Crippen molar-refractivity contribution in [3.05, 3.63) is 50.7 Å². The number of halogens is 4. The molecule has 0 saturated heterocycles. The fourth-order valence-electron chi connectivity index (χ4n) is 1.69. The maximum Gasteiger partial charge on any atom is 0.416 e. The molecule has 2 N–H and O–H groups in total. The minimum atomic E-state index is -4.45. The van der Waals surface area contributed by atoms with E-state index in [0.717, 1.165) is 23.5 Å². The van der Waals surface area contributed by atoms with E-state index in [1.165, 1.54) is 6.07 Å². The molecule has 1 heterocycles. The lowest BCUT2D eigenvalue weighted by molar-refractivity contribution is -0.137. The Balaban J connectivity index is 2.14. The third-order valence-corrected chi connectivity index (χ3v) is 3.96. The minimum Gasteiger partial charge on any atom is -0.477 e. The van der Waals surface area contributed by atoms with E-state index in [9.17, 15) is 18.0 Å². The quantitative estimate of drug-likeness (QED) is 0.849. The lowest BCUT2D eigenvalue weighted by Crippen LogP contribution is -2.07. The number of aromatic carboxylic acids is 1. The largest absolute Gasteiger partial charge is 0.477 e. The van der Waals surface area contributed by atoms with E-state index in [1.54, 1.807) is 11.4 Å². The van der Waals surface area contributed by atoms with Gasteiger partial charge in [0.05, 0.1) is 16.3 Å². The molecule has 2 aromatic rings. The van der Waals surface area contributed by atoms with Crippen molar-refractivity contribution in [1.82, 2.24) is 0 Å². The van der Waals surface area contributed by atoms with Crippen LogP contribution in [-0.2, 0) is 12.7 Å². The Labute approximate surface area is 127 Å². The number of carboxylic acid groups (broad SMARTS) is 1. The molecule has 8 heteroatoms. The summed E-state index contributed by atoms with van der Waals surface area (Å²) in [5, 5.41) is 13.4. The molecule has 21 heavy (non-hydrogen) atoms. The van der Waals surface area contributed by atoms with E-state index >= 15 is 0 Å². The van der Waals surface area contributed by atoms with Gasteiger partial charge in [-0.15, -0.1) is 11.3 Å². The first-order chi connectivity index (χ1) is 9.79. The van der Waals surface area contributed by atoms with Crippen LogP contribution in [0.5, 0.6) is 0 Å². The van der Waals surface area contributed by atoms with Crippen molar-refractivity contribution in [1.29, 1.82) is 0 Å². The van der Waals surface area contributed by atoms with Gasteiger partial charge in [0.15, 0.2) is 0 Å². The summed E-state index contributed by atoms with van der Waals surface area (Å²) in [7, 11) is 0. The summed E-state index contributed by atoms with van der Waals surface area (Å²) in [5.41, 5.74) is 0.0236. The van der Waals surface area contributed by atoms with Crippen LogP contribution in [0.25, 0.3) is 0 Å². The number of carboxylic acids is 1. The predicted octanol–water partition coefficient (Wildman–Crippen LogP) is 4.73. The van der Waals surface area contributed by atoms with Gasteiger partial charge in [0.25, 0.3) is 0 Å². The number of nitrogens with one attached hydrogen (secondary N) is 1. The fourth-order valence-corrected chi connectivity index (χ4v) is 2.70. The van der Waals surface area contributed by atoms with Gasteiger partial charge in [0.1, 0.15) is 4.88 Å². The van der Waals surface area contributed by atoms with E-state index < -0.39 is 17.7 Å². The van der Waals surface area contributed by atoms with Gasteiger partial charge >= 0.3 is 12.1 Å². The van der Waals surface area contributed by atoms with Crippen LogP contribution in [0.1, 0.15) is 20.8 Å². The van der Waals surface area contributed by atoms with Gasteiger partial charge in [-0.25, -0.2) is 4.79 Å². The van der Waals surface area contributed by atoms with Crippen LogP contribution >= 0.6 is 22.9 Å². The molecule has 0 amide bonds. The molecule has 0 aliphatic rings. The van der Waals surface area contributed by atoms with E-state index in [4.69, 9.17) is 16.7 Å². The number of carbonyl (C=O) groups is 1. The molecule has 0 spiro atoms. The van der Waals surface area contributed by atoms with Crippen LogP contribution in [0.3, 0.4) is 0 Å². The van der Waals surface area contributed by atoms with Crippen molar-refractivity contribution >= 4 is 34.6 Å². The zero-order chi connectivity index (χ0) is 15.6. The number of rotatable bonds is 4. The average molecular weight is 336 g/mol. The summed E-state index contributed by atoms with van der Waals surface area (Å²) in [6.07, 6.45) is -4.45. The highest BCUT2D eigenvalue weighted by Crippen LogP contribution is 2.34. The fraction of sp³-hybridized carbons (Fsp3) is 0.154. The Morgan fingerprint density at radius 1 is 1.33 bits per heavy atom. The van der Waals surface area contributed by atoms with Crippen LogP contribution in [0.15, 0.2) is 29.6 Å². The third kappa shape index (κ3) is 3.68. The number of alkyl halides is 3. The Bertz CT molecular complexity index is 670. The molecule has 1 aromatic carbocycles. The van der Waals surface area contributed by atoms with Crippen molar-refractivity contribution in [2.45, 2.75) is 12.7 Å². The van der Waals surface area contributed by atoms with Crippen LogP contribution in [0, 0.1) is 0 Å². The van der Waals surface area contributed by atoms with E-state index in [2.05, 4.69) is 5.32 Å². The van der Waals surface area contributed by atoms with Crippen LogP contribution in [0.4, 0.5) is 18.9 Å². The van der Waals surface area contributed by atoms with Crippen molar-refractivity contribution in [2.24, 2.45) is 0 Å². The summed E-state index contributed by atoms with van der Waals surface area (Å²) in [5.74, 6) is -1.04. The first-order valence-electron chi connectivity index (χ1n) is 5.69. The molecule has 0 saturated carbocycles. The van der Waals surface area contributed by atoms with Gasteiger partial charge in [0.2, 0.25) is 0 Å². The van der Waals surface area contributed by atoms with Crippen molar-refractivity contribution in [3.8, 4) is 0 Å². The molecule has 0 aliphatic heterocycles. The zero-order valence-corrected chi connectivity index (χ0v) is 11.9. The second kappa shape index (κ2) is 5.95. The molecule has 0 fully saturated rings. The summed E-state index contributed by atoms with van der Waals surface area (Å²) in [6.45, 7) is 0.163. The number of benzene rings is 1.